The van der Waals surface area contributed by atoms with Crippen LogP contribution in [0.3, 0.4) is 0 Å². The predicted molar refractivity (Wildman–Crippen MR) is 199 cm³/mol. The number of rotatable bonds is 7. The van der Waals surface area contributed by atoms with Gasteiger partial charge in [0.1, 0.15) is 13.9 Å². The summed E-state index contributed by atoms with van der Waals surface area (Å²) in [6.45, 7) is 14.1. The van der Waals surface area contributed by atoms with Gasteiger partial charge < -0.3 is 0 Å². The Morgan fingerprint density at radius 2 is 1.22 bits per heavy atom. The Morgan fingerprint density at radius 3 is 1.93 bits per heavy atom. The van der Waals surface area contributed by atoms with E-state index in [0.717, 1.165) is 28.1 Å². The van der Waals surface area contributed by atoms with Gasteiger partial charge in [-0.25, -0.2) is 4.98 Å². The number of aromatic nitrogens is 3. The average molecular weight is 616 g/mol. The van der Waals surface area contributed by atoms with Gasteiger partial charge >= 0.3 is 0 Å². The van der Waals surface area contributed by atoms with Gasteiger partial charge in [0, 0.05) is 22.7 Å². The smallest absolute Gasteiger partial charge is 0.145 e. The van der Waals surface area contributed by atoms with E-state index < -0.39 is 8.07 Å². The van der Waals surface area contributed by atoms with Crippen molar-refractivity contribution in [3.63, 3.8) is 0 Å². The third kappa shape index (κ3) is 5.17. The van der Waals surface area contributed by atoms with Gasteiger partial charge in [-0.3, -0.25) is 9.55 Å². The minimum Gasteiger partial charge on any atom is -0.292 e. The monoisotopic (exact) mass is 615 g/mol. The summed E-state index contributed by atoms with van der Waals surface area (Å²) < 4.78 is 2.43. The molecule has 46 heavy (non-hydrogen) atoms. The van der Waals surface area contributed by atoms with Crippen molar-refractivity contribution in [3.8, 4) is 28.3 Å². The lowest BCUT2D eigenvalue weighted by atomic mass is 9.92. The number of fused-ring (bicyclic) bond motifs is 2. The SMILES string of the molecule is CC(C)c1cccc(C(C)C)c1-n1c(-c2cccc([Si](C)(C)c3cccc(-c4nccc5ccccc45)c3)c2)nc2ccccc21. The first-order chi connectivity index (χ1) is 22.2. The third-order valence-corrected chi connectivity index (χ3v) is 13.0. The Labute approximate surface area is 273 Å². The quantitative estimate of drug-likeness (QED) is 0.167. The van der Waals surface area contributed by atoms with Crippen LogP contribution in [-0.4, -0.2) is 22.6 Å². The number of benzene rings is 5. The number of pyridine rings is 1. The van der Waals surface area contributed by atoms with Crippen LogP contribution in [-0.2, 0) is 0 Å². The van der Waals surface area contributed by atoms with Crippen molar-refractivity contribution in [3.05, 3.63) is 139 Å². The molecule has 0 amide bonds. The standard InChI is InChI=1S/C42H41N3Si/c1-28(2)35-20-13-21-36(29(3)4)41(35)45-39-23-10-9-22-38(39)44-42(45)32-16-12-18-34(27-32)46(5,6)33-17-11-15-31(26-33)40-37-19-8-7-14-30(37)24-25-43-40/h7-29H,1-6H3. The first kappa shape index (κ1) is 29.9. The molecule has 7 aromatic rings. The number of para-hydroxylation sites is 3. The molecule has 5 aromatic carbocycles. The zero-order valence-electron chi connectivity index (χ0n) is 27.6. The van der Waals surface area contributed by atoms with E-state index in [1.807, 2.05) is 6.20 Å². The Kier molecular flexibility index (Phi) is 7.70. The van der Waals surface area contributed by atoms with Gasteiger partial charge in [-0.2, -0.15) is 0 Å². The number of hydrogen-bond donors (Lipinski definition) is 0. The molecule has 0 spiro atoms. The van der Waals surface area contributed by atoms with Crippen LogP contribution in [0.15, 0.2) is 128 Å². The van der Waals surface area contributed by atoms with Crippen LogP contribution in [0.5, 0.6) is 0 Å². The van der Waals surface area contributed by atoms with Gasteiger partial charge in [-0.15, -0.1) is 0 Å². The van der Waals surface area contributed by atoms with Gasteiger partial charge in [0.2, 0.25) is 0 Å². The van der Waals surface area contributed by atoms with Crippen molar-refractivity contribution in [2.24, 2.45) is 0 Å². The minimum atomic E-state index is -2.11. The predicted octanol–water partition coefficient (Wildman–Crippen LogP) is 9.98. The van der Waals surface area contributed by atoms with Crippen molar-refractivity contribution in [1.82, 2.24) is 14.5 Å². The lowest BCUT2D eigenvalue weighted by molar-refractivity contribution is 0.811. The molecule has 0 saturated heterocycles. The van der Waals surface area contributed by atoms with E-state index in [1.54, 1.807) is 0 Å². The summed E-state index contributed by atoms with van der Waals surface area (Å²) in [4.78, 5) is 10.1. The van der Waals surface area contributed by atoms with Crippen LogP contribution < -0.4 is 10.4 Å². The molecule has 0 aliphatic rings. The van der Waals surface area contributed by atoms with Gasteiger partial charge in [-0.1, -0.05) is 154 Å². The molecule has 0 aliphatic heterocycles. The highest BCUT2D eigenvalue weighted by Crippen LogP contribution is 2.37. The van der Waals surface area contributed by atoms with Gasteiger partial charge in [0.25, 0.3) is 0 Å². The molecule has 0 atom stereocenters. The molecule has 7 rings (SSSR count). The number of nitrogens with zero attached hydrogens (tertiary/aromatic N) is 3. The first-order valence-corrected chi connectivity index (χ1v) is 19.4. The molecule has 228 valence electrons. The second-order valence-electron chi connectivity index (χ2n) is 13.5. The lowest BCUT2D eigenvalue weighted by Crippen LogP contribution is -2.52. The van der Waals surface area contributed by atoms with Crippen LogP contribution in [0.4, 0.5) is 0 Å². The summed E-state index contributed by atoms with van der Waals surface area (Å²) in [5, 5.41) is 5.17. The molecule has 4 heteroatoms. The number of imidazole rings is 1. The van der Waals surface area contributed by atoms with Crippen molar-refractivity contribution >= 4 is 40.3 Å². The van der Waals surface area contributed by atoms with Crippen molar-refractivity contribution < 1.29 is 0 Å². The maximum atomic E-state index is 5.31. The molecule has 0 aliphatic carbocycles. The largest absolute Gasteiger partial charge is 0.292 e. The van der Waals surface area contributed by atoms with E-state index in [4.69, 9.17) is 9.97 Å². The first-order valence-electron chi connectivity index (χ1n) is 16.4. The van der Waals surface area contributed by atoms with Crippen LogP contribution >= 0.6 is 0 Å². The Hall–Kier alpha value is -4.80. The summed E-state index contributed by atoms with van der Waals surface area (Å²) in [6, 6.07) is 44.2. The molecule has 0 radical (unpaired) electrons. The molecular formula is C42H41N3Si. The van der Waals surface area contributed by atoms with Gasteiger partial charge in [0.05, 0.1) is 22.4 Å². The van der Waals surface area contributed by atoms with Crippen molar-refractivity contribution in [1.29, 1.82) is 0 Å². The van der Waals surface area contributed by atoms with Gasteiger partial charge in [-0.05, 0) is 46.5 Å². The van der Waals surface area contributed by atoms with E-state index >= 15 is 0 Å². The highest BCUT2D eigenvalue weighted by molar-refractivity contribution is 7.00. The van der Waals surface area contributed by atoms with E-state index in [0.29, 0.717) is 11.8 Å². The second kappa shape index (κ2) is 11.8. The summed E-state index contributed by atoms with van der Waals surface area (Å²) in [5.41, 5.74) is 9.48. The molecule has 0 saturated carbocycles. The second-order valence-corrected chi connectivity index (χ2v) is 17.9. The molecule has 0 fully saturated rings. The third-order valence-electron chi connectivity index (χ3n) is 9.50. The zero-order valence-corrected chi connectivity index (χ0v) is 28.6. The van der Waals surface area contributed by atoms with Crippen LogP contribution in [0, 0.1) is 0 Å². The fraction of sp³-hybridized carbons (Fsp3) is 0.190. The van der Waals surface area contributed by atoms with Crippen LogP contribution in [0.2, 0.25) is 13.1 Å². The fourth-order valence-electron chi connectivity index (χ4n) is 6.83. The maximum Gasteiger partial charge on any atom is 0.145 e. The van der Waals surface area contributed by atoms with E-state index in [1.165, 1.54) is 43.5 Å². The highest BCUT2D eigenvalue weighted by atomic mass is 28.3. The highest BCUT2D eigenvalue weighted by Gasteiger charge is 2.28. The molecule has 0 bridgehead atoms. The normalized spacial score (nSPS) is 12.1. The molecule has 3 nitrogen and oxygen atoms in total. The van der Waals surface area contributed by atoms with Crippen molar-refractivity contribution in [2.75, 3.05) is 0 Å². The van der Waals surface area contributed by atoms with E-state index in [2.05, 4.69) is 167 Å². The van der Waals surface area contributed by atoms with E-state index in [9.17, 15) is 0 Å². The van der Waals surface area contributed by atoms with Crippen LogP contribution in [0.1, 0.15) is 50.7 Å². The molecular weight excluding hydrogens is 575 g/mol. The van der Waals surface area contributed by atoms with Gasteiger partial charge in [0.15, 0.2) is 0 Å². The minimum absolute atomic E-state index is 0.379. The Balaban J connectivity index is 1.38. The lowest BCUT2D eigenvalue weighted by Gasteiger charge is -2.26. The summed E-state index contributed by atoms with van der Waals surface area (Å²) >= 11 is 0. The Morgan fingerprint density at radius 1 is 0.609 bits per heavy atom. The summed E-state index contributed by atoms with van der Waals surface area (Å²) in [7, 11) is -2.11. The zero-order chi connectivity index (χ0) is 32.0. The molecule has 0 N–H and O–H groups in total. The van der Waals surface area contributed by atoms with Crippen molar-refractivity contribution in [2.45, 2.75) is 52.6 Å². The average Bonchev–Trinajstić information content (AvgIpc) is 3.47. The van der Waals surface area contributed by atoms with Crippen LogP contribution in [0.25, 0.3) is 50.1 Å². The fourth-order valence-corrected chi connectivity index (χ4v) is 9.23. The molecule has 0 unspecified atom stereocenters. The topological polar surface area (TPSA) is 30.7 Å². The Bertz CT molecular complexity index is 2170. The maximum absolute atomic E-state index is 5.31. The summed E-state index contributed by atoms with van der Waals surface area (Å²) in [6.07, 6.45) is 1.92. The molecule has 2 heterocycles. The van der Waals surface area contributed by atoms with E-state index in [-0.39, 0.29) is 0 Å². The summed E-state index contributed by atoms with van der Waals surface area (Å²) in [5.74, 6) is 1.75. The number of hydrogen-bond acceptors (Lipinski definition) is 2. The molecule has 2 aromatic heterocycles.